The van der Waals surface area contributed by atoms with Crippen molar-refractivity contribution < 1.29 is 18.8 Å². The normalized spacial score (nSPS) is 20.3. The van der Waals surface area contributed by atoms with Gasteiger partial charge >= 0.3 is 0 Å². The van der Waals surface area contributed by atoms with Crippen LogP contribution in [0, 0.1) is 11.7 Å². The fourth-order valence-electron chi connectivity index (χ4n) is 2.88. The second-order valence-electron chi connectivity index (χ2n) is 6.50. The van der Waals surface area contributed by atoms with Gasteiger partial charge in [-0.15, -0.1) is 0 Å². The number of halogens is 2. The number of benzene rings is 1. The molecule has 0 unspecified atom stereocenters. The summed E-state index contributed by atoms with van der Waals surface area (Å²) in [6, 6.07) is 4.33. The van der Waals surface area contributed by atoms with Crippen LogP contribution in [0.2, 0.25) is 0 Å². The fourth-order valence-corrected chi connectivity index (χ4v) is 4.12. The van der Waals surface area contributed by atoms with Crippen LogP contribution in [0.15, 0.2) is 27.6 Å². The summed E-state index contributed by atoms with van der Waals surface area (Å²) >= 11 is 3.89. The SMILES string of the molecule is CC1CCN(C(=O)CN2C(=O)S/C(=C/c3ccc(F)c(Br)c3)C2=O)CC1. The van der Waals surface area contributed by atoms with Gasteiger partial charge in [-0.1, -0.05) is 13.0 Å². The lowest BCUT2D eigenvalue weighted by atomic mass is 9.99. The minimum atomic E-state index is -0.487. The van der Waals surface area contributed by atoms with Crippen molar-refractivity contribution in [3.8, 4) is 0 Å². The smallest absolute Gasteiger partial charge is 0.294 e. The number of imide groups is 1. The van der Waals surface area contributed by atoms with Crippen LogP contribution in [0.1, 0.15) is 25.3 Å². The first-order valence-electron chi connectivity index (χ1n) is 8.33. The molecule has 5 nitrogen and oxygen atoms in total. The summed E-state index contributed by atoms with van der Waals surface area (Å²) in [4.78, 5) is 40.0. The molecular weight excluding hydrogens is 423 g/mol. The molecule has 2 aliphatic rings. The Morgan fingerprint density at radius 1 is 1.35 bits per heavy atom. The number of amides is 3. The third-order valence-electron chi connectivity index (χ3n) is 4.54. The first-order valence-corrected chi connectivity index (χ1v) is 9.94. The van der Waals surface area contributed by atoms with Crippen LogP contribution in [0.3, 0.4) is 0 Å². The lowest BCUT2D eigenvalue weighted by Gasteiger charge is -2.31. The van der Waals surface area contributed by atoms with Crippen molar-refractivity contribution in [3.05, 3.63) is 39.0 Å². The Kier molecular flexibility index (Phi) is 5.82. The largest absolute Gasteiger partial charge is 0.341 e. The minimum absolute atomic E-state index is 0.204. The summed E-state index contributed by atoms with van der Waals surface area (Å²) < 4.78 is 13.6. The average molecular weight is 441 g/mol. The van der Waals surface area contributed by atoms with Gasteiger partial charge in [0.05, 0.1) is 9.38 Å². The molecule has 3 rings (SSSR count). The van der Waals surface area contributed by atoms with Crippen molar-refractivity contribution in [2.45, 2.75) is 19.8 Å². The molecule has 0 N–H and O–H groups in total. The maximum absolute atomic E-state index is 13.3. The number of thioether (sulfide) groups is 1. The fraction of sp³-hybridized carbons (Fsp3) is 0.389. The standard InChI is InChI=1S/C18H18BrFN2O3S/c1-11-4-6-21(7-5-11)16(23)10-22-17(24)15(26-18(22)25)9-12-2-3-14(20)13(19)8-12/h2-3,8-9,11H,4-7,10H2,1H3/b15-9+. The third-order valence-corrected chi connectivity index (χ3v) is 6.06. The molecule has 0 aromatic heterocycles. The lowest BCUT2D eigenvalue weighted by molar-refractivity contribution is -0.136. The van der Waals surface area contributed by atoms with E-state index < -0.39 is 17.0 Å². The zero-order valence-electron chi connectivity index (χ0n) is 14.2. The van der Waals surface area contributed by atoms with Crippen molar-refractivity contribution in [1.82, 2.24) is 9.80 Å². The number of carbonyl (C=O) groups is 3. The Bertz CT molecular complexity index is 791. The molecule has 0 saturated carbocycles. The van der Waals surface area contributed by atoms with E-state index in [1.54, 1.807) is 4.90 Å². The monoisotopic (exact) mass is 440 g/mol. The topological polar surface area (TPSA) is 57.7 Å². The van der Waals surface area contributed by atoms with E-state index in [1.807, 2.05) is 0 Å². The number of likely N-dealkylation sites (tertiary alicyclic amines) is 1. The van der Waals surface area contributed by atoms with Gasteiger partial charge in [-0.3, -0.25) is 19.3 Å². The Hall–Kier alpha value is -1.67. The zero-order valence-corrected chi connectivity index (χ0v) is 16.6. The lowest BCUT2D eigenvalue weighted by Crippen LogP contribution is -2.45. The van der Waals surface area contributed by atoms with Crippen LogP contribution in [-0.4, -0.2) is 46.5 Å². The quantitative estimate of drug-likeness (QED) is 0.669. The van der Waals surface area contributed by atoms with Gasteiger partial charge in [0.15, 0.2) is 0 Å². The summed E-state index contributed by atoms with van der Waals surface area (Å²) in [5, 5.41) is -0.457. The molecule has 1 aromatic rings. The number of rotatable bonds is 3. The number of hydrogen-bond acceptors (Lipinski definition) is 4. The van der Waals surface area contributed by atoms with Crippen LogP contribution in [0.4, 0.5) is 9.18 Å². The first-order chi connectivity index (χ1) is 12.3. The van der Waals surface area contributed by atoms with Crippen molar-refractivity contribution in [3.63, 3.8) is 0 Å². The number of carbonyl (C=O) groups excluding carboxylic acids is 3. The van der Waals surface area contributed by atoms with E-state index in [9.17, 15) is 18.8 Å². The van der Waals surface area contributed by atoms with Crippen molar-refractivity contribution in [2.75, 3.05) is 19.6 Å². The summed E-state index contributed by atoms with van der Waals surface area (Å²) in [6.07, 6.45) is 3.40. The summed E-state index contributed by atoms with van der Waals surface area (Å²) in [5.74, 6) is -0.505. The molecule has 8 heteroatoms. The highest BCUT2D eigenvalue weighted by Crippen LogP contribution is 2.33. The van der Waals surface area contributed by atoms with E-state index in [2.05, 4.69) is 22.9 Å². The van der Waals surface area contributed by atoms with E-state index in [4.69, 9.17) is 0 Å². The molecule has 138 valence electrons. The molecule has 26 heavy (non-hydrogen) atoms. The Morgan fingerprint density at radius 3 is 2.69 bits per heavy atom. The molecule has 3 amide bonds. The minimum Gasteiger partial charge on any atom is -0.341 e. The van der Waals surface area contributed by atoms with Gasteiger partial charge in [-0.25, -0.2) is 4.39 Å². The van der Waals surface area contributed by atoms with Crippen molar-refractivity contribution >= 4 is 50.8 Å². The highest BCUT2D eigenvalue weighted by molar-refractivity contribution is 9.10. The first kappa shape index (κ1) is 19.1. The second-order valence-corrected chi connectivity index (χ2v) is 8.35. The number of nitrogens with zero attached hydrogens (tertiary/aromatic N) is 2. The maximum Gasteiger partial charge on any atom is 0.294 e. The van der Waals surface area contributed by atoms with Gasteiger partial charge < -0.3 is 4.90 Å². The predicted molar refractivity (Wildman–Crippen MR) is 102 cm³/mol. The molecule has 1 aromatic carbocycles. The third kappa shape index (κ3) is 4.17. The second kappa shape index (κ2) is 7.92. The molecule has 0 bridgehead atoms. The molecular formula is C18H18BrFN2O3S. The molecule has 0 spiro atoms. The van der Waals surface area contributed by atoms with Gasteiger partial charge in [0.25, 0.3) is 11.1 Å². The van der Waals surface area contributed by atoms with E-state index >= 15 is 0 Å². The molecule has 0 radical (unpaired) electrons. The van der Waals surface area contributed by atoms with E-state index in [0.717, 1.165) is 29.5 Å². The molecule has 0 atom stereocenters. The number of hydrogen-bond donors (Lipinski definition) is 0. The average Bonchev–Trinajstić information content (AvgIpc) is 2.86. The molecule has 0 aliphatic carbocycles. The van der Waals surface area contributed by atoms with Gasteiger partial charge in [0, 0.05) is 13.1 Å². The van der Waals surface area contributed by atoms with Gasteiger partial charge in [-0.05, 0) is 70.2 Å². The van der Waals surface area contributed by atoms with Crippen LogP contribution in [0.5, 0.6) is 0 Å². The van der Waals surface area contributed by atoms with Gasteiger partial charge in [0.2, 0.25) is 5.91 Å². The number of piperidine rings is 1. The van der Waals surface area contributed by atoms with Crippen LogP contribution >= 0.6 is 27.7 Å². The van der Waals surface area contributed by atoms with Crippen molar-refractivity contribution in [2.24, 2.45) is 5.92 Å². The molecule has 2 aliphatic heterocycles. The zero-order chi connectivity index (χ0) is 18.8. The Balaban J connectivity index is 1.69. The maximum atomic E-state index is 13.3. The summed E-state index contributed by atoms with van der Waals surface area (Å²) in [5.41, 5.74) is 0.597. The van der Waals surface area contributed by atoms with E-state index in [1.165, 1.54) is 24.3 Å². The molecule has 2 saturated heterocycles. The highest BCUT2D eigenvalue weighted by Gasteiger charge is 2.37. The summed E-state index contributed by atoms with van der Waals surface area (Å²) in [7, 11) is 0. The Labute approximate surface area is 163 Å². The van der Waals surface area contributed by atoms with Crippen LogP contribution in [0.25, 0.3) is 6.08 Å². The van der Waals surface area contributed by atoms with E-state index in [-0.39, 0.29) is 21.8 Å². The van der Waals surface area contributed by atoms with Crippen molar-refractivity contribution in [1.29, 1.82) is 0 Å². The van der Waals surface area contributed by atoms with Crippen LogP contribution < -0.4 is 0 Å². The predicted octanol–water partition coefficient (Wildman–Crippen LogP) is 3.88. The van der Waals surface area contributed by atoms with Gasteiger partial charge in [-0.2, -0.15) is 0 Å². The summed E-state index contributed by atoms with van der Waals surface area (Å²) in [6.45, 7) is 3.24. The molecule has 2 heterocycles. The Morgan fingerprint density at radius 2 is 2.04 bits per heavy atom. The van der Waals surface area contributed by atoms with Gasteiger partial charge in [0.1, 0.15) is 12.4 Å². The molecule has 2 fully saturated rings. The highest BCUT2D eigenvalue weighted by atomic mass is 79.9. The van der Waals surface area contributed by atoms with E-state index in [0.29, 0.717) is 24.6 Å². The van der Waals surface area contributed by atoms with Crippen LogP contribution in [-0.2, 0) is 9.59 Å².